The highest BCUT2D eigenvalue weighted by molar-refractivity contribution is 5.37. The Morgan fingerprint density at radius 2 is 1.94 bits per heavy atom. The summed E-state index contributed by atoms with van der Waals surface area (Å²) < 4.78 is 5.64. The molecule has 2 heteroatoms. The lowest BCUT2D eigenvalue weighted by Gasteiger charge is -2.14. The Hall–Kier alpha value is -1.02. The Balaban J connectivity index is 2.87. The second-order valence-corrected chi connectivity index (χ2v) is 4.36. The molecule has 0 N–H and O–H groups in total. The van der Waals surface area contributed by atoms with Gasteiger partial charge < -0.3 is 9.64 Å². The third-order valence-electron chi connectivity index (χ3n) is 2.44. The molecule has 1 rings (SSSR count). The minimum Gasteiger partial charge on any atom is -0.494 e. The zero-order valence-corrected chi connectivity index (χ0v) is 10.9. The van der Waals surface area contributed by atoms with Crippen molar-refractivity contribution < 1.29 is 4.74 Å². The first-order valence-corrected chi connectivity index (χ1v) is 6.06. The van der Waals surface area contributed by atoms with Gasteiger partial charge in [-0.25, -0.2) is 0 Å². The van der Waals surface area contributed by atoms with Crippen molar-refractivity contribution in [1.29, 1.82) is 0 Å². The standard InChI is InChI=1S/C14H23NO/c1-5-7-13-10-12(11-15(3)4)8-9-14(13)16-6-2/h8-10H,5-7,11H2,1-4H3. The number of aryl methyl sites for hydroxylation is 1. The Kier molecular flexibility index (Phi) is 5.33. The summed E-state index contributed by atoms with van der Waals surface area (Å²) in [4.78, 5) is 2.19. The van der Waals surface area contributed by atoms with Crippen molar-refractivity contribution in [2.75, 3.05) is 20.7 Å². The molecule has 0 aliphatic rings. The van der Waals surface area contributed by atoms with Crippen molar-refractivity contribution in [3.05, 3.63) is 29.3 Å². The van der Waals surface area contributed by atoms with Crippen LogP contribution < -0.4 is 4.74 Å². The molecule has 0 spiro atoms. The zero-order chi connectivity index (χ0) is 12.0. The van der Waals surface area contributed by atoms with Gasteiger partial charge in [0.2, 0.25) is 0 Å². The molecule has 0 saturated heterocycles. The van der Waals surface area contributed by atoms with Gasteiger partial charge in [0.05, 0.1) is 6.61 Å². The molecule has 0 heterocycles. The van der Waals surface area contributed by atoms with Gasteiger partial charge in [0.25, 0.3) is 0 Å². The molecule has 0 saturated carbocycles. The summed E-state index contributed by atoms with van der Waals surface area (Å²) in [5.41, 5.74) is 2.70. The first-order chi connectivity index (χ1) is 7.67. The fraction of sp³-hybridized carbons (Fsp3) is 0.571. The normalized spacial score (nSPS) is 10.8. The molecule has 0 unspecified atom stereocenters. The Bertz CT molecular complexity index is 321. The van der Waals surface area contributed by atoms with Crippen molar-refractivity contribution in [2.45, 2.75) is 33.2 Å². The summed E-state index contributed by atoms with van der Waals surface area (Å²) in [6.45, 7) is 5.96. The van der Waals surface area contributed by atoms with Gasteiger partial charge in [-0.1, -0.05) is 25.5 Å². The molecule has 1 aromatic rings. The van der Waals surface area contributed by atoms with E-state index in [1.807, 2.05) is 6.92 Å². The summed E-state index contributed by atoms with van der Waals surface area (Å²) >= 11 is 0. The van der Waals surface area contributed by atoms with Crippen molar-refractivity contribution in [3.63, 3.8) is 0 Å². The van der Waals surface area contributed by atoms with E-state index < -0.39 is 0 Å². The fourth-order valence-corrected chi connectivity index (χ4v) is 1.86. The molecule has 0 aliphatic carbocycles. The number of nitrogens with zero attached hydrogens (tertiary/aromatic N) is 1. The van der Waals surface area contributed by atoms with Crippen LogP contribution in [0.3, 0.4) is 0 Å². The van der Waals surface area contributed by atoms with Gasteiger partial charge in [0, 0.05) is 6.54 Å². The smallest absolute Gasteiger partial charge is 0.122 e. The topological polar surface area (TPSA) is 12.5 Å². The highest BCUT2D eigenvalue weighted by Crippen LogP contribution is 2.22. The molecule has 0 aromatic heterocycles. The van der Waals surface area contributed by atoms with Crippen LogP contribution in [-0.4, -0.2) is 25.6 Å². The van der Waals surface area contributed by atoms with E-state index in [0.717, 1.165) is 31.7 Å². The second-order valence-electron chi connectivity index (χ2n) is 4.36. The van der Waals surface area contributed by atoms with Crippen LogP contribution in [0.5, 0.6) is 5.75 Å². The third-order valence-corrected chi connectivity index (χ3v) is 2.44. The van der Waals surface area contributed by atoms with E-state index in [4.69, 9.17) is 4.74 Å². The Morgan fingerprint density at radius 1 is 1.19 bits per heavy atom. The van der Waals surface area contributed by atoms with Crippen LogP contribution in [-0.2, 0) is 13.0 Å². The Morgan fingerprint density at radius 3 is 2.50 bits per heavy atom. The quantitative estimate of drug-likeness (QED) is 0.732. The maximum Gasteiger partial charge on any atom is 0.122 e. The van der Waals surface area contributed by atoms with Crippen LogP contribution in [0.2, 0.25) is 0 Å². The monoisotopic (exact) mass is 221 g/mol. The maximum absolute atomic E-state index is 5.64. The van der Waals surface area contributed by atoms with Crippen molar-refractivity contribution >= 4 is 0 Å². The summed E-state index contributed by atoms with van der Waals surface area (Å²) in [5.74, 6) is 1.05. The third kappa shape index (κ3) is 3.86. The predicted octanol–water partition coefficient (Wildman–Crippen LogP) is 3.10. The lowest BCUT2D eigenvalue weighted by molar-refractivity contribution is 0.335. The van der Waals surface area contributed by atoms with E-state index in [0.29, 0.717) is 0 Å². The first-order valence-electron chi connectivity index (χ1n) is 6.06. The summed E-state index contributed by atoms with van der Waals surface area (Å²) in [6.07, 6.45) is 2.25. The number of benzene rings is 1. The summed E-state index contributed by atoms with van der Waals surface area (Å²) in [5, 5.41) is 0. The predicted molar refractivity (Wildman–Crippen MR) is 69.0 cm³/mol. The molecular formula is C14H23NO. The van der Waals surface area contributed by atoms with Crippen LogP contribution in [0.15, 0.2) is 18.2 Å². The molecule has 90 valence electrons. The van der Waals surface area contributed by atoms with Gasteiger partial charge in [-0.3, -0.25) is 0 Å². The number of hydrogen-bond acceptors (Lipinski definition) is 2. The van der Waals surface area contributed by atoms with E-state index in [1.54, 1.807) is 0 Å². The summed E-state index contributed by atoms with van der Waals surface area (Å²) in [7, 11) is 4.19. The van der Waals surface area contributed by atoms with Gasteiger partial charge in [0.15, 0.2) is 0 Å². The minimum atomic E-state index is 0.740. The van der Waals surface area contributed by atoms with E-state index in [2.05, 4.69) is 44.1 Å². The number of ether oxygens (including phenoxy) is 1. The van der Waals surface area contributed by atoms with Crippen LogP contribution in [0, 0.1) is 0 Å². The van der Waals surface area contributed by atoms with Gasteiger partial charge >= 0.3 is 0 Å². The van der Waals surface area contributed by atoms with E-state index in [-0.39, 0.29) is 0 Å². The number of hydrogen-bond donors (Lipinski definition) is 0. The zero-order valence-electron chi connectivity index (χ0n) is 10.9. The van der Waals surface area contributed by atoms with E-state index in [9.17, 15) is 0 Å². The average Bonchev–Trinajstić information content (AvgIpc) is 2.21. The molecule has 0 amide bonds. The van der Waals surface area contributed by atoms with Crippen LogP contribution in [0.25, 0.3) is 0 Å². The molecule has 0 bridgehead atoms. The molecule has 0 atom stereocenters. The van der Waals surface area contributed by atoms with Crippen LogP contribution >= 0.6 is 0 Å². The van der Waals surface area contributed by atoms with Crippen molar-refractivity contribution in [3.8, 4) is 5.75 Å². The second kappa shape index (κ2) is 6.54. The highest BCUT2D eigenvalue weighted by Gasteiger charge is 2.04. The van der Waals surface area contributed by atoms with Gasteiger partial charge in [-0.15, -0.1) is 0 Å². The van der Waals surface area contributed by atoms with Gasteiger partial charge in [-0.2, -0.15) is 0 Å². The lowest BCUT2D eigenvalue weighted by Crippen LogP contribution is -2.11. The maximum atomic E-state index is 5.64. The minimum absolute atomic E-state index is 0.740. The fourth-order valence-electron chi connectivity index (χ4n) is 1.86. The Labute approximate surface area is 99.2 Å². The van der Waals surface area contributed by atoms with E-state index in [1.165, 1.54) is 11.1 Å². The molecule has 16 heavy (non-hydrogen) atoms. The average molecular weight is 221 g/mol. The SMILES string of the molecule is CCCc1cc(CN(C)C)ccc1OCC. The molecule has 1 aromatic carbocycles. The van der Waals surface area contributed by atoms with Gasteiger partial charge in [0.1, 0.15) is 5.75 Å². The van der Waals surface area contributed by atoms with E-state index >= 15 is 0 Å². The molecule has 2 nitrogen and oxygen atoms in total. The van der Waals surface area contributed by atoms with Crippen molar-refractivity contribution in [1.82, 2.24) is 4.90 Å². The van der Waals surface area contributed by atoms with Gasteiger partial charge in [-0.05, 0) is 44.6 Å². The first kappa shape index (κ1) is 13.0. The van der Waals surface area contributed by atoms with Crippen LogP contribution in [0.1, 0.15) is 31.4 Å². The molecule has 0 aliphatic heterocycles. The lowest BCUT2D eigenvalue weighted by atomic mass is 10.1. The summed E-state index contributed by atoms with van der Waals surface area (Å²) in [6, 6.07) is 6.53. The highest BCUT2D eigenvalue weighted by atomic mass is 16.5. The largest absolute Gasteiger partial charge is 0.494 e. The molecular weight excluding hydrogens is 198 g/mol. The molecule has 0 radical (unpaired) electrons. The molecule has 0 fully saturated rings. The van der Waals surface area contributed by atoms with Crippen LogP contribution in [0.4, 0.5) is 0 Å². The van der Waals surface area contributed by atoms with Crippen molar-refractivity contribution in [2.24, 2.45) is 0 Å². The number of rotatable bonds is 6.